The minimum Gasteiger partial charge on any atom is -0.354 e. The summed E-state index contributed by atoms with van der Waals surface area (Å²) in [6.07, 6.45) is 8.42. The largest absolute Gasteiger partial charge is 0.354 e. The molecule has 0 saturated heterocycles. The molecule has 22 heavy (non-hydrogen) atoms. The molecular formula is C15H29IN6. The molecule has 1 saturated carbocycles. The Morgan fingerprint density at radius 3 is 2.59 bits per heavy atom. The summed E-state index contributed by atoms with van der Waals surface area (Å²) in [5.41, 5.74) is 1.14. The lowest BCUT2D eigenvalue weighted by atomic mass is 9.96. The monoisotopic (exact) mass is 420 g/mol. The van der Waals surface area contributed by atoms with Gasteiger partial charge in [-0.2, -0.15) is 0 Å². The molecule has 0 amide bonds. The standard InChI is InChI=1S/C15H28N6.HI/c1-16-14(19-12-8-6-5-7-9-12)17-10-13-11-18-15(20(2)3)21(13)4;/h11-12H,5-10H2,1-4H3,(H2,16,17,19);1H. The van der Waals surface area contributed by atoms with Crippen molar-refractivity contribution in [3.63, 3.8) is 0 Å². The molecule has 0 radical (unpaired) electrons. The molecule has 1 fully saturated rings. The van der Waals surface area contributed by atoms with Crippen molar-refractivity contribution in [2.45, 2.75) is 44.7 Å². The van der Waals surface area contributed by atoms with Crippen molar-refractivity contribution in [2.75, 3.05) is 26.0 Å². The van der Waals surface area contributed by atoms with Crippen LogP contribution >= 0.6 is 24.0 Å². The van der Waals surface area contributed by atoms with Crippen molar-refractivity contribution >= 4 is 35.9 Å². The quantitative estimate of drug-likeness (QED) is 0.445. The van der Waals surface area contributed by atoms with Crippen LogP contribution in [0.3, 0.4) is 0 Å². The minimum atomic E-state index is 0. The van der Waals surface area contributed by atoms with Gasteiger partial charge in [-0.15, -0.1) is 24.0 Å². The molecule has 0 atom stereocenters. The van der Waals surface area contributed by atoms with Crippen molar-refractivity contribution < 1.29 is 0 Å². The third-order valence-electron chi connectivity index (χ3n) is 4.07. The van der Waals surface area contributed by atoms with E-state index in [4.69, 9.17) is 0 Å². The van der Waals surface area contributed by atoms with Crippen molar-refractivity contribution in [1.82, 2.24) is 20.2 Å². The summed E-state index contributed by atoms with van der Waals surface area (Å²) in [6, 6.07) is 0.564. The highest BCUT2D eigenvalue weighted by atomic mass is 127. The molecule has 0 aliphatic heterocycles. The van der Waals surface area contributed by atoms with Gasteiger partial charge in [0.25, 0.3) is 0 Å². The second-order valence-electron chi connectivity index (χ2n) is 5.91. The van der Waals surface area contributed by atoms with Crippen LogP contribution in [0.15, 0.2) is 11.2 Å². The topological polar surface area (TPSA) is 57.5 Å². The van der Waals surface area contributed by atoms with Crippen LogP contribution in [0, 0.1) is 0 Å². The van der Waals surface area contributed by atoms with E-state index in [2.05, 4.69) is 25.2 Å². The predicted molar refractivity (Wildman–Crippen MR) is 103 cm³/mol. The van der Waals surface area contributed by atoms with Gasteiger partial charge in [-0.05, 0) is 12.8 Å². The van der Waals surface area contributed by atoms with Gasteiger partial charge in [0, 0.05) is 34.2 Å². The Hall–Kier alpha value is -0.990. The average molecular weight is 420 g/mol. The number of aliphatic imine (C=N–C) groups is 1. The Labute approximate surface area is 150 Å². The first-order valence-corrected chi connectivity index (χ1v) is 7.77. The van der Waals surface area contributed by atoms with E-state index in [9.17, 15) is 0 Å². The fourth-order valence-electron chi connectivity index (χ4n) is 2.82. The second-order valence-corrected chi connectivity index (χ2v) is 5.91. The SMILES string of the molecule is CN=C(NCc1cnc(N(C)C)n1C)NC1CCCCC1.I. The fourth-order valence-corrected chi connectivity index (χ4v) is 2.82. The smallest absolute Gasteiger partial charge is 0.204 e. The van der Waals surface area contributed by atoms with Crippen LogP contribution in [-0.4, -0.2) is 42.7 Å². The highest BCUT2D eigenvalue weighted by Gasteiger charge is 2.15. The molecule has 1 aromatic rings. The number of hydrogen-bond acceptors (Lipinski definition) is 3. The molecule has 2 N–H and O–H groups in total. The molecular weight excluding hydrogens is 391 g/mol. The molecule has 0 unspecified atom stereocenters. The van der Waals surface area contributed by atoms with E-state index in [0.717, 1.165) is 24.1 Å². The summed E-state index contributed by atoms with van der Waals surface area (Å²) in [5, 5.41) is 6.91. The lowest BCUT2D eigenvalue weighted by molar-refractivity contribution is 0.410. The third kappa shape index (κ3) is 5.03. The van der Waals surface area contributed by atoms with E-state index in [0.29, 0.717) is 6.04 Å². The summed E-state index contributed by atoms with van der Waals surface area (Å²) in [7, 11) is 7.87. The zero-order chi connectivity index (χ0) is 15.2. The summed E-state index contributed by atoms with van der Waals surface area (Å²) >= 11 is 0. The van der Waals surface area contributed by atoms with Crippen LogP contribution in [0.1, 0.15) is 37.8 Å². The minimum absolute atomic E-state index is 0. The van der Waals surface area contributed by atoms with Crippen LogP contribution < -0.4 is 15.5 Å². The Balaban J connectivity index is 0.00000242. The van der Waals surface area contributed by atoms with Crippen LogP contribution in [-0.2, 0) is 13.6 Å². The van der Waals surface area contributed by atoms with Crippen LogP contribution in [0.4, 0.5) is 5.95 Å². The number of anilines is 1. The van der Waals surface area contributed by atoms with Gasteiger partial charge in [0.05, 0.1) is 18.4 Å². The molecule has 0 bridgehead atoms. The molecule has 2 rings (SSSR count). The van der Waals surface area contributed by atoms with Gasteiger partial charge in [0.15, 0.2) is 5.96 Å². The van der Waals surface area contributed by atoms with Gasteiger partial charge in [0.1, 0.15) is 0 Å². The number of guanidine groups is 1. The molecule has 6 nitrogen and oxygen atoms in total. The lowest BCUT2D eigenvalue weighted by Crippen LogP contribution is -2.44. The first kappa shape index (κ1) is 19.1. The number of nitrogens with one attached hydrogen (secondary N) is 2. The number of nitrogens with zero attached hydrogens (tertiary/aromatic N) is 4. The summed E-state index contributed by atoms with van der Waals surface area (Å²) in [6.45, 7) is 0.726. The van der Waals surface area contributed by atoms with E-state index in [1.807, 2.05) is 39.3 Å². The van der Waals surface area contributed by atoms with E-state index < -0.39 is 0 Å². The van der Waals surface area contributed by atoms with Gasteiger partial charge in [-0.1, -0.05) is 19.3 Å². The number of rotatable bonds is 4. The van der Waals surface area contributed by atoms with Gasteiger partial charge in [0.2, 0.25) is 5.95 Å². The number of imidazole rings is 1. The first-order chi connectivity index (χ1) is 10.1. The summed E-state index contributed by atoms with van der Waals surface area (Å²) in [5.74, 6) is 1.84. The summed E-state index contributed by atoms with van der Waals surface area (Å²) in [4.78, 5) is 10.8. The lowest BCUT2D eigenvalue weighted by Gasteiger charge is -2.25. The number of aromatic nitrogens is 2. The highest BCUT2D eigenvalue weighted by Crippen LogP contribution is 2.17. The van der Waals surface area contributed by atoms with E-state index in [1.54, 1.807) is 0 Å². The zero-order valence-electron chi connectivity index (χ0n) is 14.1. The zero-order valence-corrected chi connectivity index (χ0v) is 16.4. The second kappa shape index (κ2) is 9.22. The molecule has 1 aromatic heterocycles. The van der Waals surface area contributed by atoms with Gasteiger partial charge in [-0.3, -0.25) is 4.99 Å². The maximum atomic E-state index is 4.42. The molecule has 1 aliphatic carbocycles. The van der Waals surface area contributed by atoms with E-state index in [1.165, 1.54) is 32.1 Å². The van der Waals surface area contributed by atoms with Crippen LogP contribution in [0.5, 0.6) is 0 Å². The van der Waals surface area contributed by atoms with Gasteiger partial charge >= 0.3 is 0 Å². The number of halogens is 1. The first-order valence-electron chi connectivity index (χ1n) is 7.77. The molecule has 1 aliphatic rings. The number of hydrogen-bond donors (Lipinski definition) is 2. The molecule has 0 spiro atoms. The average Bonchev–Trinajstić information content (AvgIpc) is 2.86. The summed E-state index contributed by atoms with van der Waals surface area (Å²) < 4.78 is 2.10. The van der Waals surface area contributed by atoms with E-state index in [-0.39, 0.29) is 24.0 Å². The maximum Gasteiger partial charge on any atom is 0.204 e. The van der Waals surface area contributed by atoms with Crippen LogP contribution in [0.2, 0.25) is 0 Å². The van der Waals surface area contributed by atoms with Crippen molar-refractivity contribution in [2.24, 2.45) is 12.0 Å². The van der Waals surface area contributed by atoms with Crippen molar-refractivity contribution in [3.05, 3.63) is 11.9 Å². The Bertz CT molecular complexity index is 476. The Morgan fingerprint density at radius 1 is 1.36 bits per heavy atom. The van der Waals surface area contributed by atoms with Crippen molar-refractivity contribution in [1.29, 1.82) is 0 Å². The van der Waals surface area contributed by atoms with Gasteiger partial charge < -0.3 is 20.1 Å². The highest BCUT2D eigenvalue weighted by molar-refractivity contribution is 14.0. The van der Waals surface area contributed by atoms with Crippen LogP contribution in [0.25, 0.3) is 0 Å². The van der Waals surface area contributed by atoms with Crippen molar-refractivity contribution in [3.8, 4) is 0 Å². The molecule has 1 heterocycles. The fraction of sp³-hybridized carbons (Fsp3) is 0.733. The Morgan fingerprint density at radius 2 is 2.05 bits per heavy atom. The third-order valence-corrected chi connectivity index (χ3v) is 4.07. The molecule has 0 aromatic carbocycles. The Kier molecular flexibility index (Phi) is 7.98. The molecule has 7 heteroatoms. The predicted octanol–water partition coefficient (Wildman–Crippen LogP) is 2.10. The molecule has 126 valence electrons. The normalized spacial score (nSPS) is 16.1. The van der Waals surface area contributed by atoms with E-state index >= 15 is 0 Å². The van der Waals surface area contributed by atoms with Gasteiger partial charge in [-0.25, -0.2) is 4.98 Å². The maximum absolute atomic E-state index is 4.42.